The van der Waals surface area contributed by atoms with Crippen molar-refractivity contribution in [1.82, 2.24) is 10.2 Å². The quantitative estimate of drug-likeness (QED) is 0.347. The Hall–Kier alpha value is -3.85. The molecule has 0 aromatic heterocycles. The first-order chi connectivity index (χ1) is 19.6. The highest BCUT2D eigenvalue weighted by atomic mass is 32.2. The number of nitrogens with zero attached hydrogens (tertiary/aromatic N) is 2. The second kappa shape index (κ2) is 13.2. The second-order valence-corrected chi connectivity index (χ2v) is 12.6. The molecule has 0 saturated heterocycles. The van der Waals surface area contributed by atoms with Gasteiger partial charge in [-0.15, -0.1) is 0 Å². The summed E-state index contributed by atoms with van der Waals surface area (Å²) in [6, 6.07) is 20.1. The van der Waals surface area contributed by atoms with Gasteiger partial charge < -0.3 is 15.0 Å². The number of benzene rings is 3. The number of anilines is 1. The molecule has 0 spiro atoms. The van der Waals surface area contributed by atoms with Crippen LogP contribution in [0.15, 0.2) is 77.7 Å². The molecular formula is C32H39N3O5S. The van der Waals surface area contributed by atoms with E-state index in [0.717, 1.165) is 46.7 Å². The van der Waals surface area contributed by atoms with Crippen LogP contribution in [0.5, 0.6) is 5.75 Å². The summed E-state index contributed by atoms with van der Waals surface area (Å²) in [6.07, 6.45) is 3.98. The van der Waals surface area contributed by atoms with E-state index in [1.54, 1.807) is 43.3 Å². The van der Waals surface area contributed by atoms with Crippen LogP contribution in [0, 0.1) is 13.8 Å². The van der Waals surface area contributed by atoms with Crippen LogP contribution in [0.2, 0.25) is 0 Å². The van der Waals surface area contributed by atoms with Gasteiger partial charge in [-0.1, -0.05) is 60.4 Å². The zero-order valence-electron chi connectivity index (χ0n) is 24.2. The van der Waals surface area contributed by atoms with Gasteiger partial charge in [0.05, 0.1) is 17.7 Å². The first-order valence-electron chi connectivity index (χ1n) is 14.0. The molecule has 1 aliphatic rings. The van der Waals surface area contributed by atoms with E-state index in [-0.39, 0.29) is 23.4 Å². The maximum atomic E-state index is 14.0. The molecule has 4 rings (SSSR count). The number of hydrogen-bond donors (Lipinski definition) is 1. The SMILES string of the molecule is COc1ccc(S(=O)(=O)N(CC(=O)N(Cc2ccc(C)cc2)[C@H](C)C(=O)NC2CCCC2)c2ccc(C)cc2)cc1. The molecule has 1 saturated carbocycles. The first-order valence-corrected chi connectivity index (χ1v) is 15.4. The normalized spacial score (nSPS) is 14.3. The fourth-order valence-corrected chi connectivity index (χ4v) is 6.39. The van der Waals surface area contributed by atoms with Crippen molar-refractivity contribution >= 4 is 27.5 Å². The largest absolute Gasteiger partial charge is 0.497 e. The number of hydrogen-bond acceptors (Lipinski definition) is 5. The Kier molecular flexibility index (Phi) is 9.70. The third-order valence-corrected chi connectivity index (χ3v) is 9.38. The number of carbonyl (C=O) groups excluding carboxylic acids is 2. The van der Waals surface area contributed by atoms with Crippen molar-refractivity contribution in [3.05, 3.63) is 89.5 Å². The average molecular weight is 578 g/mol. The molecule has 9 heteroatoms. The number of ether oxygens (including phenoxy) is 1. The third-order valence-electron chi connectivity index (χ3n) is 7.59. The van der Waals surface area contributed by atoms with Crippen LogP contribution in [0.3, 0.4) is 0 Å². The molecule has 0 heterocycles. The van der Waals surface area contributed by atoms with Gasteiger partial charge in [0.2, 0.25) is 11.8 Å². The van der Waals surface area contributed by atoms with Gasteiger partial charge in [-0.3, -0.25) is 13.9 Å². The van der Waals surface area contributed by atoms with Crippen molar-refractivity contribution in [3.8, 4) is 5.75 Å². The molecule has 1 atom stereocenters. The number of sulfonamides is 1. The molecule has 3 aromatic carbocycles. The summed E-state index contributed by atoms with van der Waals surface area (Å²) in [7, 11) is -2.63. The van der Waals surface area contributed by atoms with E-state index in [1.807, 2.05) is 38.1 Å². The molecule has 41 heavy (non-hydrogen) atoms. The number of amides is 2. The van der Waals surface area contributed by atoms with Gasteiger partial charge in [0, 0.05) is 12.6 Å². The molecule has 218 valence electrons. The summed E-state index contributed by atoms with van der Waals surface area (Å²) in [5, 5.41) is 3.09. The summed E-state index contributed by atoms with van der Waals surface area (Å²) < 4.78 is 34.2. The van der Waals surface area contributed by atoms with Crippen molar-refractivity contribution in [3.63, 3.8) is 0 Å². The molecule has 1 fully saturated rings. The smallest absolute Gasteiger partial charge is 0.264 e. The molecule has 0 radical (unpaired) electrons. The Morgan fingerprint density at radius 1 is 0.902 bits per heavy atom. The maximum Gasteiger partial charge on any atom is 0.264 e. The third kappa shape index (κ3) is 7.47. The number of methoxy groups -OCH3 is 1. The topological polar surface area (TPSA) is 96.0 Å². The molecule has 0 unspecified atom stereocenters. The Bertz CT molecular complexity index is 1430. The monoisotopic (exact) mass is 577 g/mol. The number of nitrogens with one attached hydrogen (secondary N) is 1. The van der Waals surface area contributed by atoms with Gasteiger partial charge in [0.1, 0.15) is 18.3 Å². The summed E-state index contributed by atoms with van der Waals surface area (Å²) in [5.41, 5.74) is 3.25. The van der Waals surface area contributed by atoms with Crippen LogP contribution in [0.25, 0.3) is 0 Å². The summed E-state index contributed by atoms with van der Waals surface area (Å²) in [6.45, 7) is 5.29. The van der Waals surface area contributed by atoms with Gasteiger partial charge in [-0.05, 0) is 75.6 Å². The minimum absolute atomic E-state index is 0.0313. The molecule has 8 nitrogen and oxygen atoms in total. The Balaban J connectivity index is 1.67. The summed E-state index contributed by atoms with van der Waals surface area (Å²) in [5.74, 6) is -0.192. The maximum absolute atomic E-state index is 14.0. The standard InChI is InChI=1S/C32H39N3O5S/c1-23-9-13-26(14-10-23)21-34(25(3)32(37)33-27-7-5-6-8-27)31(36)22-35(28-15-11-24(2)12-16-28)41(38,39)30-19-17-29(40-4)18-20-30/h9-20,25,27H,5-8,21-22H2,1-4H3,(H,33,37)/t25-/m1/s1. The van der Waals surface area contributed by atoms with Gasteiger partial charge >= 0.3 is 0 Å². The van der Waals surface area contributed by atoms with Crippen molar-refractivity contribution < 1.29 is 22.7 Å². The lowest BCUT2D eigenvalue weighted by atomic mass is 10.1. The van der Waals surface area contributed by atoms with E-state index in [2.05, 4.69) is 5.32 Å². The van der Waals surface area contributed by atoms with Crippen molar-refractivity contribution in [2.24, 2.45) is 0 Å². The first kappa shape index (κ1) is 30.1. The molecular weight excluding hydrogens is 538 g/mol. The van der Waals surface area contributed by atoms with E-state index in [9.17, 15) is 18.0 Å². The second-order valence-electron chi connectivity index (χ2n) is 10.7. The predicted molar refractivity (Wildman–Crippen MR) is 160 cm³/mol. The number of carbonyl (C=O) groups is 2. The minimum atomic E-state index is -4.13. The molecule has 0 bridgehead atoms. The summed E-state index contributed by atoms with van der Waals surface area (Å²) >= 11 is 0. The molecule has 3 aromatic rings. The lowest BCUT2D eigenvalue weighted by Gasteiger charge is -2.32. The van der Waals surface area contributed by atoms with Crippen molar-refractivity contribution in [2.75, 3.05) is 18.0 Å². The van der Waals surface area contributed by atoms with E-state index in [1.165, 1.54) is 24.1 Å². The highest BCUT2D eigenvalue weighted by Crippen LogP contribution is 2.26. The van der Waals surface area contributed by atoms with Gasteiger partial charge in [-0.25, -0.2) is 8.42 Å². The number of rotatable bonds is 11. The Labute approximate surface area is 243 Å². The molecule has 0 aliphatic heterocycles. The zero-order valence-corrected chi connectivity index (χ0v) is 25.0. The fraction of sp³-hybridized carbons (Fsp3) is 0.375. The van der Waals surface area contributed by atoms with E-state index < -0.39 is 28.5 Å². The van der Waals surface area contributed by atoms with Crippen LogP contribution in [-0.2, 0) is 26.2 Å². The van der Waals surface area contributed by atoms with Gasteiger partial charge in [0.15, 0.2) is 0 Å². The fourth-order valence-electron chi connectivity index (χ4n) is 4.98. The minimum Gasteiger partial charge on any atom is -0.497 e. The van der Waals surface area contributed by atoms with Crippen LogP contribution in [0.1, 0.15) is 49.3 Å². The van der Waals surface area contributed by atoms with Gasteiger partial charge in [-0.2, -0.15) is 0 Å². The van der Waals surface area contributed by atoms with Crippen LogP contribution < -0.4 is 14.4 Å². The Morgan fingerprint density at radius 3 is 2.02 bits per heavy atom. The highest BCUT2D eigenvalue weighted by Gasteiger charge is 2.33. The molecule has 1 aliphatic carbocycles. The predicted octanol–water partition coefficient (Wildman–Crippen LogP) is 4.98. The van der Waals surface area contributed by atoms with E-state index >= 15 is 0 Å². The lowest BCUT2D eigenvalue weighted by Crippen LogP contribution is -2.52. The Morgan fingerprint density at radius 2 is 1.46 bits per heavy atom. The van der Waals surface area contributed by atoms with Crippen LogP contribution >= 0.6 is 0 Å². The van der Waals surface area contributed by atoms with E-state index in [4.69, 9.17) is 4.74 Å². The van der Waals surface area contributed by atoms with Gasteiger partial charge in [0.25, 0.3) is 10.0 Å². The molecule has 1 N–H and O–H groups in total. The van der Waals surface area contributed by atoms with Crippen LogP contribution in [0.4, 0.5) is 5.69 Å². The highest BCUT2D eigenvalue weighted by molar-refractivity contribution is 7.92. The summed E-state index contributed by atoms with van der Waals surface area (Å²) in [4.78, 5) is 28.9. The molecule has 2 amide bonds. The average Bonchev–Trinajstić information content (AvgIpc) is 3.48. The number of aryl methyl sites for hydroxylation is 2. The van der Waals surface area contributed by atoms with Crippen molar-refractivity contribution in [2.45, 2.75) is 70.0 Å². The van der Waals surface area contributed by atoms with E-state index in [0.29, 0.717) is 11.4 Å². The zero-order chi connectivity index (χ0) is 29.6. The van der Waals surface area contributed by atoms with Crippen molar-refractivity contribution in [1.29, 1.82) is 0 Å². The van der Waals surface area contributed by atoms with Crippen LogP contribution in [-0.4, -0.2) is 50.9 Å². The lowest BCUT2D eigenvalue weighted by molar-refractivity contribution is -0.139.